The van der Waals surface area contributed by atoms with E-state index in [0.29, 0.717) is 64.1 Å². The van der Waals surface area contributed by atoms with Gasteiger partial charge < -0.3 is 34.3 Å². The quantitative estimate of drug-likeness (QED) is 0.0533. The molecule has 2 aromatic carbocycles. The van der Waals surface area contributed by atoms with E-state index in [1.807, 2.05) is 39.0 Å². The number of carbonyl (C=O) groups excluding carboxylic acids is 5. The highest BCUT2D eigenvalue weighted by molar-refractivity contribution is 5.96. The van der Waals surface area contributed by atoms with Crippen molar-refractivity contribution in [3.05, 3.63) is 84.2 Å². The lowest BCUT2D eigenvalue weighted by Gasteiger charge is -2.41. The predicted octanol–water partition coefficient (Wildman–Crippen LogP) is 7.39. The van der Waals surface area contributed by atoms with Crippen molar-refractivity contribution in [1.29, 1.82) is 0 Å². The summed E-state index contributed by atoms with van der Waals surface area (Å²) in [5, 5.41) is 17.0. The highest BCUT2D eigenvalue weighted by Crippen LogP contribution is 2.42. The number of pyridine rings is 1. The summed E-state index contributed by atoms with van der Waals surface area (Å²) in [6, 6.07) is 13.6. The van der Waals surface area contributed by atoms with Gasteiger partial charge in [0.1, 0.15) is 17.8 Å². The van der Waals surface area contributed by atoms with Crippen LogP contribution >= 0.6 is 0 Å². The molecule has 4 aromatic rings. The molecule has 15 nitrogen and oxygen atoms in total. The van der Waals surface area contributed by atoms with E-state index in [0.717, 1.165) is 76.6 Å². The molecule has 3 atom stereocenters. The number of carbonyl (C=O) groups is 5. The summed E-state index contributed by atoms with van der Waals surface area (Å²) in [5.41, 5.74) is 9.61. The van der Waals surface area contributed by atoms with Crippen molar-refractivity contribution in [1.82, 2.24) is 35.1 Å². The van der Waals surface area contributed by atoms with Crippen molar-refractivity contribution in [2.45, 2.75) is 118 Å². The van der Waals surface area contributed by atoms with Crippen LogP contribution < -0.4 is 10.7 Å². The predicted molar refractivity (Wildman–Crippen MR) is 268 cm³/mol. The lowest BCUT2D eigenvalue weighted by molar-refractivity contribution is -0.142. The van der Waals surface area contributed by atoms with Gasteiger partial charge in [-0.05, 0) is 128 Å². The number of amides is 4. The largest absolute Gasteiger partial charge is 0.508 e. The Bertz CT molecular complexity index is 2470. The third kappa shape index (κ3) is 12.4. The Morgan fingerprint density at radius 3 is 2.43 bits per heavy atom. The molecule has 0 spiro atoms. The third-order valence-electron chi connectivity index (χ3n) is 14.1. The molecule has 4 amide bonds. The maximum Gasteiger partial charge on any atom is 0.293 e. The first-order valence-electron chi connectivity index (χ1n) is 24.5. The first-order valence-corrected chi connectivity index (χ1v) is 24.5. The number of benzene rings is 2. The van der Waals surface area contributed by atoms with Crippen molar-refractivity contribution in [3.8, 4) is 28.1 Å². The molecule has 2 aliphatic heterocycles. The van der Waals surface area contributed by atoms with Crippen molar-refractivity contribution in [3.63, 3.8) is 0 Å². The van der Waals surface area contributed by atoms with Crippen LogP contribution in [0.3, 0.4) is 0 Å². The van der Waals surface area contributed by atoms with Crippen LogP contribution in [0.2, 0.25) is 0 Å². The first-order chi connectivity index (χ1) is 33.0. The number of nitrogens with one attached hydrogen (secondary N) is 2. The van der Waals surface area contributed by atoms with Gasteiger partial charge in [0.2, 0.25) is 18.2 Å². The monoisotopic (exact) mass is 948 g/mol. The maximum absolute atomic E-state index is 14.5. The molecular formula is C54H73N7O8. The van der Waals surface area contributed by atoms with Crippen LogP contribution in [0, 0.1) is 16.7 Å². The van der Waals surface area contributed by atoms with E-state index in [1.54, 1.807) is 40.2 Å². The minimum atomic E-state index is -1.02. The molecule has 4 heterocycles. The van der Waals surface area contributed by atoms with Gasteiger partial charge in [-0.1, -0.05) is 53.3 Å². The molecule has 3 N–H and O–H groups in total. The van der Waals surface area contributed by atoms with Gasteiger partial charge in [0.05, 0.1) is 24.1 Å². The second kappa shape index (κ2) is 23.0. The number of phenolic OH excluding ortho intramolecular Hbond substituents is 1. The van der Waals surface area contributed by atoms with Crippen molar-refractivity contribution in [2.24, 2.45) is 16.7 Å². The molecular weight excluding hydrogens is 875 g/mol. The second-order valence-corrected chi connectivity index (χ2v) is 20.2. The first kappa shape index (κ1) is 52.3. The Morgan fingerprint density at radius 1 is 1.04 bits per heavy atom. The third-order valence-corrected chi connectivity index (χ3v) is 14.1. The summed E-state index contributed by atoms with van der Waals surface area (Å²) >= 11 is 0. The molecule has 372 valence electrons. The molecule has 3 unspecified atom stereocenters. The minimum Gasteiger partial charge on any atom is -0.508 e. The van der Waals surface area contributed by atoms with Gasteiger partial charge in [-0.25, -0.2) is 5.43 Å². The standard InChI is InChI=1S/C54H73N7O8/c1-10-47(65)58-24-18-54(8,19-25-58)20-26-59(34-62)49(36(3)4)51(66)57-45(52(67)61-23-13-12-22-56-61)29-38-27-40(30-41(64)28-38)39-16-17-46-43(31-39)44(32-53(6,7)33-69-35-63)50(60(46)11-2)42-15-14-21-55-48(42)37(5)68-9/h10,14-17,21,27-28,30-31,34-37,45,49,56,64H,1,11-13,18-20,22-26,29,32-33H2,2-9H3,(H,57,66). The van der Waals surface area contributed by atoms with E-state index < -0.39 is 23.4 Å². The number of ether oxygens (including phenoxy) is 2. The molecule has 69 heavy (non-hydrogen) atoms. The SMILES string of the molecule is C=CC(=O)N1CCC(C)(CCN(C=O)C(C(=O)NC(Cc2cc(O)cc(-c3ccc4c(c3)c(CC(C)(C)COC=O)c(-c3cccnc3C(C)OC)n4CC)c2)C(=O)N2CCCCN2)C(C)C)CC1. The zero-order valence-corrected chi connectivity index (χ0v) is 41.9. The van der Waals surface area contributed by atoms with E-state index >= 15 is 0 Å². The second-order valence-electron chi connectivity index (χ2n) is 20.2. The molecule has 2 aromatic heterocycles. The van der Waals surface area contributed by atoms with Gasteiger partial charge in [0.25, 0.3) is 12.4 Å². The van der Waals surface area contributed by atoms with Gasteiger partial charge >= 0.3 is 0 Å². The van der Waals surface area contributed by atoms with Gasteiger partial charge in [0.15, 0.2) is 0 Å². The Kier molecular flexibility index (Phi) is 17.5. The molecule has 0 aliphatic carbocycles. The summed E-state index contributed by atoms with van der Waals surface area (Å²) in [7, 11) is 1.67. The molecule has 2 aliphatic rings. The van der Waals surface area contributed by atoms with Crippen LogP contribution in [0.25, 0.3) is 33.3 Å². The number of piperidine rings is 1. The number of rotatable bonds is 22. The van der Waals surface area contributed by atoms with Crippen LogP contribution in [0.4, 0.5) is 0 Å². The number of hydrogen-bond donors (Lipinski definition) is 3. The smallest absolute Gasteiger partial charge is 0.293 e. The number of methoxy groups -OCH3 is 1. The molecule has 2 saturated heterocycles. The minimum absolute atomic E-state index is 0.00401. The highest BCUT2D eigenvalue weighted by Gasteiger charge is 2.37. The Labute approximate surface area is 407 Å². The number of aromatic nitrogens is 2. The average Bonchev–Trinajstić information content (AvgIpc) is 3.64. The molecule has 0 radical (unpaired) electrons. The zero-order chi connectivity index (χ0) is 50.0. The molecule has 2 fully saturated rings. The van der Waals surface area contributed by atoms with Crippen molar-refractivity contribution >= 4 is 41.5 Å². The van der Waals surface area contributed by atoms with Gasteiger partial charge in [-0.15, -0.1) is 0 Å². The Balaban J connectivity index is 1.35. The van der Waals surface area contributed by atoms with E-state index in [9.17, 15) is 29.1 Å². The number of aryl methyl sites for hydroxylation is 1. The molecule has 0 bridgehead atoms. The number of fused-ring (bicyclic) bond motifs is 1. The fraction of sp³-hybridized carbons (Fsp3) is 0.519. The summed E-state index contributed by atoms with van der Waals surface area (Å²) in [5.74, 6) is -1.10. The lowest BCUT2D eigenvalue weighted by Crippen LogP contribution is -2.59. The number of aromatic hydroxyl groups is 1. The van der Waals surface area contributed by atoms with E-state index in [1.165, 1.54) is 6.08 Å². The van der Waals surface area contributed by atoms with Crippen LogP contribution in [0.15, 0.2) is 67.4 Å². The zero-order valence-electron chi connectivity index (χ0n) is 41.9. The molecule has 0 saturated carbocycles. The highest BCUT2D eigenvalue weighted by atomic mass is 16.5. The number of likely N-dealkylation sites (tertiary alicyclic amines) is 1. The summed E-state index contributed by atoms with van der Waals surface area (Å²) in [4.78, 5) is 73.5. The van der Waals surface area contributed by atoms with Crippen molar-refractivity contribution in [2.75, 3.05) is 46.4 Å². The summed E-state index contributed by atoms with van der Waals surface area (Å²) in [6.07, 6.45) is 8.08. The number of phenols is 1. The fourth-order valence-electron chi connectivity index (χ4n) is 10.1. The van der Waals surface area contributed by atoms with Gasteiger partial charge in [-0.2, -0.15) is 0 Å². The Morgan fingerprint density at radius 2 is 1.80 bits per heavy atom. The maximum atomic E-state index is 14.5. The van der Waals surface area contributed by atoms with Crippen LogP contribution in [-0.4, -0.2) is 119 Å². The van der Waals surface area contributed by atoms with E-state index in [2.05, 4.69) is 67.8 Å². The fourth-order valence-corrected chi connectivity index (χ4v) is 10.1. The van der Waals surface area contributed by atoms with Crippen LogP contribution in [0.1, 0.15) is 103 Å². The Hall–Kier alpha value is -6.06. The van der Waals surface area contributed by atoms with Crippen LogP contribution in [0.5, 0.6) is 5.75 Å². The normalized spacial score (nSPS) is 16.4. The van der Waals surface area contributed by atoms with Crippen LogP contribution in [-0.2, 0) is 52.8 Å². The van der Waals surface area contributed by atoms with E-state index in [-0.39, 0.29) is 48.0 Å². The average molecular weight is 948 g/mol. The number of hydrazine groups is 1. The van der Waals surface area contributed by atoms with E-state index in [4.69, 9.17) is 14.5 Å². The lowest BCUT2D eigenvalue weighted by atomic mass is 9.77. The molecule has 15 heteroatoms. The molecule has 6 rings (SSSR count). The number of nitrogens with zero attached hydrogens (tertiary/aromatic N) is 5. The van der Waals surface area contributed by atoms with Gasteiger partial charge in [0, 0.05) is 80.9 Å². The van der Waals surface area contributed by atoms with Gasteiger partial charge in [-0.3, -0.25) is 34.0 Å². The van der Waals surface area contributed by atoms with Crippen molar-refractivity contribution < 1.29 is 38.6 Å². The summed E-state index contributed by atoms with van der Waals surface area (Å²) < 4.78 is 13.4. The number of hydrogen-bond acceptors (Lipinski definition) is 10. The topological polar surface area (TPSA) is 176 Å². The summed E-state index contributed by atoms with van der Waals surface area (Å²) in [6.45, 7) is 21.8.